The third-order valence-electron chi connectivity index (χ3n) is 4.49. The van der Waals surface area contributed by atoms with Crippen molar-refractivity contribution in [2.24, 2.45) is 0 Å². The van der Waals surface area contributed by atoms with Gasteiger partial charge in [-0.05, 0) is 36.4 Å². The average molecular weight is 469 g/mol. The van der Waals surface area contributed by atoms with Crippen molar-refractivity contribution >= 4 is 33.2 Å². The zero-order valence-corrected chi connectivity index (χ0v) is 18.2. The van der Waals surface area contributed by atoms with E-state index in [4.69, 9.17) is 23.2 Å². The maximum absolute atomic E-state index is 12.9. The number of nitriles is 1. The van der Waals surface area contributed by atoms with Crippen LogP contribution in [0.4, 0.5) is 0 Å². The summed E-state index contributed by atoms with van der Waals surface area (Å²) in [6.07, 6.45) is 0. The highest BCUT2D eigenvalue weighted by Gasteiger charge is 2.24. The summed E-state index contributed by atoms with van der Waals surface area (Å²) in [5.74, 6) is 0. The summed E-state index contributed by atoms with van der Waals surface area (Å²) in [5, 5.41) is 15.4. The molecular formula is C22H14Cl2N4O2S. The van der Waals surface area contributed by atoms with Crippen LogP contribution in [0.1, 0.15) is 5.56 Å². The smallest absolute Gasteiger partial charge is 0.200 e. The lowest BCUT2D eigenvalue weighted by Gasteiger charge is -2.11. The van der Waals surface area contributed by atoms with Crippen LogP contribution in [0.25, 0.3) is 22.5 Å². The molecule has 0 radical (unpaired) electrons. The molecule has 0 saturated carbocycles. The maximum atomic E-state index is 12.9. The molecule has 9 heteroatoms. The van der Waals surface area contributed by atoms with E-state index in [9.17, 15) is 13.7 Å². The van der Waals surface area contributed by atoms with Crippen LogP contribution in [0.2, 0.25) is 10.0 Å². The number of hydrogen-bond acceptors (Lipinski definition) is 4. The van der Waals surface area contributed by atoms with Crippen LogP contribution in [-0.4, -0.2) is 18.3 Å². The topological polar surface area (TPSA) is 87.8 Å². The van der Waals surface area contributed by atoms with E-state index in [2.05, 4.69) is 16.0 Å². The Morgan fingerprint density at radius 2 is 1.39 bits per heavy atom. The Balaban J connectivity index is 1.92. The molecular weight excluding hydrogens is 455 g/mol. The molecule has 6 nitrogen and oxygen atoms in total. The fourth-order valence-electron chi connectivity index (χ4n) is 3.04. The molecule has 0 aliphatic rings. The lowest BCUT2D eigenvalue weighted by Crippen LogP contribution is -2.25. The van der Waals surface area contributed by atoms with E-state index in [0.717, 1.165) is 4.79 Å². The van der Waals surface area contributed by atoms with Crippen LogP contribution in [-0.2, 0) is 10.0 Å². The maximum Gasteiger partial charge on any atom is 0.276 e. The van der Waals surface area contributed by atoms with Gasteiger partial charge in [0.2, 0.25) is 0 Å². The Kier molecular flexibility index (Phi) is 5.70. The molecule has 0 bridgehead atoms. The molecule has 0 amide bonds. The van der Waals surface area contributed by atoms with E-state index >= 15 is 0 Å². The number of nitrogens with zero attached hydrogens (tertiary/aromatic N) is 3. The van der Waals surface area contributed by atoms with E-state index in [1.165, 1.54) is 12.1 Å². The molecule has 0 aliphatic heterocycles. The first-order valence-electron chi connectivity index (χ1n) is 9.02. The Morgan fingerprint density at radius 3 is 1.94 bits per heavy atom. The summed E-state index contributed by atoms with van der Waals surface area (Å²) in [7, 11) is -3.96. The summed E-state index contributed by atoms with van der Waals surface area (Å²) < 4.78 is 25.9. The van der Waals surface area contributed by atoms with Gasteiger partial charge in [-0.2, -0.15) is 23.3 Å². The van der Waals surface area contributed by atoms with Gasteiger partial charge in [0, 0.05) is 21.2 Å². The van der Waals surface area contributed by atoms with Gasteiger partial charge >= 0.3 is 0 Å². The number of sulfonamides is 1. The van der Waals surface area contributed by atoms with Crippen LogP contribution in [0.5, 0.6) is 0 Å². The van der Waals surface area contributed by atoms with Crippen LogP contribution < -0.4 is 4.83 Å². The molecule has 0 aliphatic carbocycles. The number of hydrogen-bond donors (Lipinski definition) is 1. The summed E-state index contributed by atoms with van der Waals surface area (Å²) in [6.45, 7) is 0. The number of aromatic nitrogens is 2. The van der Waals surface area contributed by atoms with Gasteiger partial charge in [0.25, 0.3) is 10.0 Å². The zero-order chi connectivity index (χ0) is 22.0. The minimum Gasteiger partial charge on any atom is -0.200 e. The highest BCUT2D eigenvalue weighted by Crippen LogP contribution is 2.33. The highest BCUT2D eigenvalue weighted by molar-refractivity contribution is 7.92. The first-order chi connectivity index (χ1) is 14.9. The summed E-state index contributed by atoms with van der Waals surface area (Å²) in [5.41, 5.74) is 2.02. The quantitative estimate of drug-likeness (QED) is 0.428. The van der Waals surface area contributed by atoms with Gasteiger partial charge in [0.05, 0.1) is 4.90 Å². The SMILES string of the molecule is N#Cc1c(-c2ccc(Cl)cc2)nn(NS(=O)(=O)c2ccccc2)c1-c1ccc(Cl)cc1. The molecule has 0 atom stereocenters. The molecule has 3 aromatic carbocycles. The van der Waals surface area contributed by atoms with Crippen molar-refractivity contribution in [1.82, 2.24) is 9.89 Å². The van der Waals surface area contributed by atoms with Gasteiger partial charge in [0.15, 0.2) is 0 Å². The van der Waals surface area contributed by atoms with Crippen LogP contribution >= 0.6 is 23.2 Å². The second kappa shape index (κ2) is 8.44. The molecule has 1 N–H and O–H groups in total. The first-order valence-corrected chi connectivity index (χ1v) is 11.3. The van der Waals surface area contributed by atoms with E-state index in [1.807, 2.05) is 0 Å². The fraction of sp³-hybridized carbons (Fsp3) is 0. The molecule has 4 rings (SSSR count). The summed E-state index contributed by atoms with van der Waals surface area (Å²) >= 11 is 12.0. The largest absolute Gasteiger partial charge is 0.276 e. The summed E-state index contributed by atoms with van der Waals surface area (Å²) in [4.78, 5) is 3.63. The minimum absolute atomic E-state index is 0.0686. The van der Waals surface area contributed by atoms with Gasteiger partial charge in [0.1, 0.15) is 23.0 Å². The molecule has 1 aromatic heterocycles. The van der Waals surface area contributed by atoms with Crippen molar-refractivity contribution in [2.75, 3.05) is 4.83 Å². The number of rotatable bonds is 5. The van der Waals surface area contributed by atoms with E-state index < -0.39 is 10.0 Å². The lowest BCUT2D eigenvalue weighted by atomic mass is 10.0. The van der Waals surface area contributed by atoms with Crippen molar-refractivity contribution < 1.29 is 8.42 Å². The van der Waals surface area contributed by atoms with Gasteiger partial charge in [-0.1, -0.05) is 65.7 Å². The Hall–Kier alpha value is -3.31. The van der Waals surface area contributed by atoms with Crippen LogP contribution in [0.3, 0.4) is 0 Å². The van der Waals surface area contributed by atoms with Crippen molar-refractivity contribution in [1.29, 1.82) is 5.26 Å². The molecule has 154 valence electrons. The monoisotopic (exact) mass is 468 g/mol. The minimum atomic E-state index is -3.96. The molecule has 1 heterocycles. The standard InChI is InChI=1S/C22H14Cl2N4O2S/c23-17-10-6-15(7-11-17)21-20(14-25)22(16-8-12-18(24)13-9-16)28(26-21)27-31(29,30)19-4-2-1-3-5-19/h1-13,27H. The Bertz CT molecular complexity index is 1380. The fourth-order valence-corrected chi connectivity index (χ4v) is 4.27. The van der Waals surface area contributed by atoms with Crippen molar-refractivity contribution in [2.45, 2.75) is 4.90 Å². The van der Waals surface area contributed by atoms with E-state index in [-0.39, 0.29) is 10.5 Å². The van der Waals surface area contributed by atoms with Gasteiger partial charge in [-0.15, -0.1) is 5.10 Å². The second-order valence-electron chi connectivity index (χ2n) is 6.52. The number of halogens is 2. The van der Waals surface area contributed by atoms with Gasteiger partial charge in [-0.3, -0.25) is 0 Å². The molecule has 0 fully saturated rings. The molecule has 0 saturated heterocycles. The third kappa shape index (κ3) is 4.28. The molecule has 0 spiro atoms. The van der Waals surface area contributed by atoms with Crippen molar-refractivity contribution in [3.63, 3.8) is 0 Å². The zero-order valence-electron chi connectivity index (χ0n) is 15.8. The lowest BCUT2D eigenvalue weighted by molar-refractivity contribution is 0.592. The Labute approximate surface area is 189 Å². The van der Waals surface area contributed by atoms with Gasteiger partial charge in [-0.25, -0.2) is 0 Å². The van der Waals surface area contributed by atoms with Crippen LogP contribution in [0, 0.1) is 11.3 Å². The molecule has 4 aromatic rings. The normalized spacial score (nSPS) is 11.1. The predicted molar refractivity (Wildman–Crippen MR) is 121 cm³/mol. The first kappa shape index (κ1) is 20.9. The molecule has 0 unspecified atom stereocenters. The second-order valence-corrected chi connectivity index (χ2v) is 9.05. The third-order valence-corrected chi connectivity index (χ3v) is 6.30. The summed E-state index contributed by atoms with van der Waals surface area (Å²) in [6, 6.07) is 23.5. The average Bonchev–Trinajstić information content (AvgIpc) is 3.13. The van der Waals surface area contributed by atoms with Gasteiger partial charge < -0.3 is 0 Å². The van der Waals surface area contributed by atoms with Crippen molar-refractivity contribution in [3.8, 4) is 28.6 Å². The van der Waals surface area contributed by atoms with E-state index in [0.29, 0.717) is 32.6 Å². The predicted octanol–water partition coefficient (Wildman–Crippen LogP) is 5.33. The van der Waals surface area contributed by atoms with Crippen molar-refractivity contribution in [3.05, 3.63) is 94.5 Å². The Morgan fingerprint density at radius 1 is 0.839 bits per heavy atom. The molecule has 31 heavy (non-hydrogen) atoms. The number of benzene rings is 3. The number of nitrogens with one attached hydrogen (secondary N) is 1. The van der Waals surface area contributed by atoms with Crippen LogP contribution in [0.15, 0.2) is 83.8 Å². The highest BCUT2D eigenvalue weighted by atomic mass is 35.5. The van der Waals surface area contributed by atoms with E-state index in [1.54, 1.807) is 66.7 Å².